The van der Waals surface area contributed by atoms with Gasteiger partial charge in [0.25, 0.3) is 5.91 Å². The molecule has 4 rings (SSSR count). The number of benzene rings is 2. The van der Waals surface area contributed by atoms with Crippen LogP contribution in [0, 0.1) is 0 Å². The zero-order valence-electron chi connectivity index (χ0n) is 17.1. The van der Waals surface area contributed by atoms with Crippen molar-refractivity contribution in [3.63, 3.8) is 0 Å². The van der Waals surface area contributed by atoms with E-state index < -0.39 is 0 Å². The van der Waals surface area contributed by atoms with E-state index in [1.165, 1.54) is 11.3 Å². The van der Waals surface area contributed by atoms with Crippen molar-refractivity contribution in [1.82, 2.24) is 14.8 Å². The molecule has 0 radical (unpaired) electrons. The molecule has 2 aromatic carbocycles. The second-order valence-electron chi connectivity index (χ2n) is 7.20. The van der Waals surface area contributed by atoms with Crippen molar-refractivity contribution in [3.8, 4) is 16.3 Å². The maximum atomic E-state index is 12.7. The molecule has 2 amide bonds. The Morgan fingerprint density at radius 3 is 2.39 bits per heavy atom. The lowest BCUT2D eigenvalue weighted by atomic mass is 10.1. The summed E-state index contributed by atoms with van der Waals surface area (Å²) in [5.41, 5.74) is 2.23. The van der Waals surface area contributed by atoms with Gasteiger partial charge in [-0.15, -0.1) is 11.3 Å². The van der Waals surface area contributed by atoms with Crippen molar-refractivity contribution >= 4 is 34.8 Å². The number of ether oxygens (including phenoxy) is 1. The molecule has 3 aromatic rings. The second-order valence-corrected chi connectivity index (χ2v) is 8.47. The van der Waals surface area contributed by atoms with Gasteiger partial charge in [-0.2, -0.15) is 0 Å². The highest BCUT2D eigenvalue weighted by Crippen LogP contribution is 2.30. The van der Waals surface area contributed by atoms with Gasteiger partial charge in [-0.3, -0.25) is 9.59 Å². The zero-order chi connectivity index (χ0) is 21.8. The number of halogens is 1. The Labute approximate surface area is 190 Å². The predicted octanol–water partition coefficient (Wildman–Crippen LogP) is 4.00. The SMILES string of the molecule is COc1ccc(C(=O)N2CCN(C(=O)Cc3csc(-c4ccccc4Cl)n3)CC2)cc1. The van der Waals surface area contributed by atoms with Crippen molar-refractivity contribution in [3.05, 3.63) is 70.2 Å². The van der Waals surface area contributed by atoms with E-state index in [2.05, 4.69) is 4.98 Å². The molecular weight excluding hydrogens is 434 g/mol. The molecule has 0 N–H and O–H groups in total. The van der Waals surface area contributed by atoms with Crippen molar-refractivity contribution < 1.29 is 14.3 Å². The summed E-state index contributed by atoms with van der Waals surface area (Å²) in [6, 6.07) is 14.6. The monoisotopic (exact) mass is 455 g/mol. The number of carbonyl (C=O) groups is 2. The summed E-state index contributed by atoms with van der Waals surface area (Å²) in [6.07, 6.45) is 0.243. The Kier molecular flexibility index (Phi) is 6.53. The quantitative estimate of drug-likeness (QED) is 0.583. The third kappa shape index (κ3) is 4.89. The number of methoxy groups -OCH3 is 1. The molecule has 0 unspecified atom stereocenters. The lowest BCUT2D eigenvalue weighted by Gasteiger charge is -2.34. The highest BCUT2D eigenvalue weighted by Gasteiger charge is 2.25. The molecule has 0 aliphatic carbocycles. The highest BCUT2D eigenvalue weighted by molar-refractivity contribution is 7.13. The normalized spacial score (nSPS) is 13.9. The van der Waals surface area contributed by atoms with E-state index in [-0.39, 0.29) is 18.2 Å². The first-order valence-electron chi connectivity index (χ1n) is 9.95. The molecule has 160 valence electrons. The topological polar surface area (TPSA) is 62.7 Å². The van der Waals surface area contributed by atoms with E-state index in [1.54, 1.807) is 41.2 Å². The fraction of sp³-hybridized carbons (Fsp3) is 0.261. The van der Waals surface area contributed by atoms with Crippen LogP contribution in [-0.4, -0.2) is 59.9 Å². The number of rotatable bonds is 5. The summed E-state index contributed by atoms with van der Waals surface area (Å²) in [6.45, 7) is 2.06. The predicted molar refractivity (Wildman–Crippen MR) is 122 cm³/mol. The van der Waals surface area contributed by atoms with Crippen LogP contribution in [0.2, 0.25) is 5.02 Å². The molecule has 8 heteroatoms. The number of aromatic nitrogens is 1. The largest absolute Gasteiger partial charge is 0.497 e. The Bertz CT molecular complexity index is 1080. The van der Waals surface area contributed by atoms with Gasteiger partial charge in [0.05, 0.1) is 24.2 Å². The van der Waals surface area contributed by atoms with Gasteiger partial charge in [0.1, 0.15) is 10.8 Å². The van der Waals surface area contributed by atoms with Crippen LogP contribution >= 0.6 is 22.9 Å². The molecule has 2 heterocycles. The van der Waals surface area contributed by atoms with E-state index in [4.69, 9.17) is 16.3 Å². The van der Waals surface area contributed by atoms with E-state index in [0.717, 1.165) is 16.3 Å². The third-order valence-electron chi connectivity index (χ3n) is 5.24. The van der Waals surface area contributed by atoms with Crippen LogP contribution in [0.4, 0.5) is 0 Å². The van der Waals surface area contributed by atoms with Gasteiger partial charge in [-0.25, -0.2) is 4.98 Å². The van der Waals surface area contributed by atoms with Gasteiger partial charge >= 0.3 is 0 Å². The van der Waals surface area contributed by atoms with Crippen LogP contribution < -0.4 is 4.74 Å². The van der Waals surface area contributed by atoms with Gasteiger partial charge in [-0.1, -0.05) is 29.8 Å². The minimum Gasteiger partial charge on any atom is -0.497 e. The van der Waals surface area contributed by atoms with E-state index in [1.807, 2.05) is 29.6 Å². The van der Waals surface area contributed by atoms with Crippen LogP contribution in [0.15, 0.2) is 53.9 Å². The average molecular weight is 456 g/mol. The van der Waals surface area contributed by atoms with Crippen molar-refractivity contribution in [2.45, 2.75) is 6.42 Å². The molecule has 1 aliphatic rings. The molecule has 0 saturated carbocycles. The molecule has 0 atom stereocenters. The van der Waals surface area contributed by atoms with Crippen LogP contribution in [0.5, 0.6) is 5.75 Å². The summed E-state index contributed by atoms with van der Waals surface area (Å²) in [5.74, 6) is 0.706. The highest BCUT2D eigenvalue weighted by atomic mass is 35.5. The van der Waals surface area contributed by atoms with E-state index in [0.29, 0.717) is 42.5 Å². The molecule has 1 aliphatic heterocycles. The Balaban J connectivity index is 1.32. The zero-order valence-corrected chi connectivity index (χ0v) is 18.7. The maximum absolute atomic E-state index is 12.7. The van der Waals surface area contributed by atoms with Crippen LogP contribution in [0.1, 0.15) is 16.1 Å². The van der Waals surface area contributed by atoms with Gasteiger partial charge in [0, 0.05) is 42.7 Å². The first-order valence-corrected chi connectivity index (χ1v) is 11.2. The molecule has 6 nitrogen and oxygen atoms in total. The lowest BCUT2D eigenvalue weighted by molar-refractivity contribution is -0.132. The molecule has 0 spiro atoms. The summed E-state index contributed by atoms with van der Waals surface area (Å²) >= 11 is 7.73. The van der Waals surface area contributed by atoms with Crippen LogP contribution in [0.3, 0.4) is 0 Å². The minimum absolute atomic E-state index is 0.0209. The molecule has 31 heavy (non-hydrogen) atoms. The molecule has 1 aromatic heterocycles. The van der Waals surface area contributed by atoms with Crippen molar-refractivity contribution in [1.29, 1.82) is 0 Å². The molecule has 1 fully saturated rings. The van der Waals surface area contributed by atoms with Crippen LogP contribution in [-0.2, 0) is 11.2 Å². The first-order chi connectivity index (χ1) is 15.0. The number of nitrogens with zero attached hydrogens (tertiary/aromatic N) is 3. The van der Waals surface area contributed by atoms with Gasteiger partial charge in [-0.05, 0) is 30.3 Å². The number of thiazole rings is 1. The van der Waals surface area contributed by atoms with E-state index >= 15 is 0 Å². The van der Waals surface area contributed by atoms with E-state index in [9.17, 15) is 9.59 Å². The van der Waals surface area contributed by atoms with Crippen LogP contribution in [0.25, 0.3) is 10.6 Å². The molecular formula is C23H22ClN3O3S. The fourth-order valence-electron chi connectivity index (χ4n) is 3.49. The minimum atomic E-state index is -0.0290. The number of amides is 2. The summed E-state index contributed by atoms with van der Waals surface area (Å²) < 4.78 is 5.14. The number of hydrogen-bond acceptors (Lipinski definition) is 5. The van der Waals surface area contributed by atoms with Crippen molar-refractivity contribution in [2.75, 3.05) is 33.3 Å². The standard InChI is InChI=1S/C23H22ClN3O3S/c1-30-18-8-6-16(7-9-18)23(29)27-12-10-26(11-13-27)21(28)14-17-15-31-22(25-17)19-4-2-3-5-20(19)24/h2-9,15H,10-14H2,1H3. The molecule has 1 saturated heterocycles. The lowest BCUT2D eigenvalue weighted by Crippen LogP contribution is -2.51. The molecule has 0 bridgehead atoms. The second kappa shape index (κ2) is 9.49. The fourth-order valence-corrected chi connectivity index (χ4v) is 4.63. The Hall–Kier alpha value is -2.90. The maximum Gasteiger partial charge on any atom is 0.253 e. The number of piperazine rings is 1. The van der Waals surface area contributed by atoms with Gasteiger partial charge in [0.2, 0.25) is 5.91 Å². The van der Waals surface area contributed by atoms with Gasteiger partial charge < -0.3 is 14.5 Å². The number of carbonyl (C=O) groups excluding carboxylic acids is 2. The summed E-state index contributed by atoms with van der Waals surface area (Å²) in [7, 11) is 1.59. The Morgan fingerprint density at radius 2 is 1.71 bits per heavy atom. The van der Waals surface area contributed by atoms with Crippen molar-refractivity contribution in [2.24, 2.45) is 0 Å². The smallest absolute Gasteiger partial charge is 0.253 e. The third-order valence-corrected chi connectivity index (χ3v) is 6.50. The number of hydrogen-bond donors (Lipinski definition) is 0. The average Bonchev–Trinajstić information content (AvgIpc) is 3.27. The first kappa shape index (κ1) is 21.3. The summed E-state index contributed by atoms with van der Waals surface area (Å²) in [5, 5.41) is 3.36. The summed E-state index contributed by atoms with van der Waals surface area (Å²) in [4.78, 5) is 33.6. The van der Waals surface area contributed by atoms with Gasteiger partial charge in [0.15, 0.2) is 0 Å². The Morgan fingerprint density at radius 1 is 1.03 bits per heavy atom.